The van der Waals surface area contributed by atoms with Gasteiger partial charge >= 0.3 is 6.18 Å². The van der Waals surface area contributed by atoms with Crippen LogP contribution in [0.3, 0.4) is 0 Å². The van der Waals surface area contributed by atoms with Gasteiger partial charge in [0.1, 0.15) is 6.54 Å². The zero-order valence-corrected chi connectivity index (χ0v) is 10.4. The molecule has 1 saturated heterocycles. The maximum atomic E-state index is 12.0. The van der Waals surface area contributed by atoms with E-state index in [4.69, 9.17) is 0 Å². The summed E-state index contributed by atoms with van der Waals surface area (Å²) in [5.74, 6) is -0.686. The van der Waals surface area contributed by atoms with Crippen molar-refractivity contribution in [2.45, 2.75) is 18.6 Å². The summed E-state index contributed by atoms with van der Waals surface area (Å²) in [5, 5.41) is 4.91. The number of alkyl halides is 3. The lowest BCUT2D eigenvalue weighted by atomic mass is 10.2. The molecule has 1 amide bonds. The quantitative estimate of drug-likeness (QED) is 0.841. The second-order valence-corrected chi connectivity index (χ2v) is 4.80. The fraction of sp³-hybridized carbons (Fsp3) is 0.545. The van der Waals surface area contributed by atoms with Gasteiger partial charge in [-0.2, -0.15) is 13.2 Å². The molecule has 2 bridgehead atoms. The van der Waals surface area contributed by atoms with Crippen LogP contribution in [0.1, 0.15) is 17.0 Å². The molecular formula is C11H12F3N5O. The van der Waals surface area contributed by atoms with Crippen molar-refractivity contribution in [2.75, 3.05) is 29.9 Å². The molecule has 20 heavy (non-hydrogen) atoms. The van der Waals surface area contributed by atoms with Crippen molar-refractivity contribution in [3.63, 3.8) is 0 Å². The number of anilines is 2. The SMILES string of the molecule is O=C(NCC(F)(F)F)c1ncc2c(n1)NC1CCN2C1. The largest absolute Gasteiger partial charge is 0.405 e. The number of hydrogen-bond acceptors (Lipinski definition) is 5. The van der Waals surface area contributed by atoms with Gasteiger partial charge in [-0.05, 0) is 6.42 Å². The lowest BCUT2D eigenvalue weighted by molar-refractivity contribution is -0.123. The maximum Gasteiger partial charge on any atom is 0.405 e. The van der Waals surface area contributed by atoms with E-state index in [1.54, 1.807) is 5.32 Å². The second kappa shape index (κ2) is 4.50. The summed E-state index contributed by atoms with van der Waals surface area (Å²) in [6.07, 6.45) is -2.02. The van der Waals surface area contributed by atoms with E-state index in [0.29, 0.717) is 5.82 Å². The standard InChI is InChI=1S/C11H12F3N5O/c12-11(13,14)5-16-10(20)9-15-3-7-8(18-9)17-6-1-2-19(7)4-6/h3,6H,1-2,4-5H2,(H,16,20)(H,15,17,18). The van der Waals surface area contributed by atoms with Crippen molar-refractivity contribution in [3.8, 4) is 0 Å². The molecule has 1 aromatic heterocycles. The summed E-state index contributed by atoms with van der Waals surface area (Å²) in [4.78, 5) is 21.5. The zero-order chi connectivity index (χ0) is 14.3. The molecule has 2 aliphatic rings. The van der Waals surface area contributed by atoms with Crippen molar-refractivity contribution in [3.05, 3.63) is 12.0 Å². The van der Waals surface area contributed by atoms with Crippen LogP contribution in [0.25, 0.3) is 0 Å². The number of aromatic nitrogens is 2. The first-order valence-electron chi connectivity index (χ1n) is 6.16. The van der Waals surface area contributed by atoms with E-state index in [2.05, 4.69) is 20.2 Å². The topological polar surface area (TPSA) is 70.1 Å². The summed E-state index contributed by atoms with van der Waals surface area (Å²) in [7, 11) is 0. The minimum atomic E-state index is -4.45. The van der Waals surface area contributed by atoms with Crippen molar-refractivity contribution in [2.24, 2.45) is 0 Å². The third kappa shape index (κ3) is 2.47. The summed E-state index contributed by atoms with van der Waals surface area (Å²) < 4.78 is 36.1. The molecule has 3 heterocycles. The Morgan fingerprint density at radius 2 is 2.35 bits per heavy atom. The van der Waals surface area contributed by atoms with Crippen LogP contribution in [0, 0.1) is 0 Å². The Balaban J connectivity index is 1.76. The minimum Gasteiger partial charge on any atom is -0.365 e. The monoisotopic (exact) mass is 287 g/mol. The Labute approximate surface area is 112 Å². The van der Waals surface area contributed by atoms with Crippen LogP contribution >= 0.6 is 0 Å². The predicted molar refractivity (Wildman–Crippen MR) is 64.7 cm³/mol. The van der Waals surface area contributed by atoms with Gasteiger partial charge in [0.15, 0.2) is 5.82 Å². The van der Waals surface area contributed by atoms with Crippen LogP contribution in [-0.2, 0) is 0 Å². The highest BCUT2D eigenvalue weighted by Gasteiger charge is 2.32. The Hall–Kier alpha value is -2.06. The number of fused-ring (bicyclic) bond motifs is 4. The molecule has 0 aromatic carbocycles. The Morgan fingerprint density at radius 3 is 3.10 bits per heavy atom. The third-order valence-electron chi connectivity index (χ3n) is 3.29. The Morgan fingerprint density at radius 1 is 1.55 bits per heavy atom. The molecule has 1 fully saturated rings. The maximum absolute atomic E-state index is 12.0. The minimum absolute atomic E-state index is 0.261. The van der Waals surface area contributed by atoms with Crippen LogP contribution in [0.2, 0.25) is 0 Å². The average molecular weight is 287 g/mol. The lowest BCUT2D eigenvalue weighted by Crippen LogP contribution is -2.36. The first kappa shape index (κ1) is 12.9. The van der Waals surface area contributed by atoms with E-state index >= 15 is 0 Å². The molecule has 0 aliphatic carbocycles. The molecule has 9 heteroatoms. The van der Waals surface area contributed by atoms with Crippen molar-refractivity contribution < 1.29 is 18.0 Å². The van der Waals surface area contributed by atoms with Crippen molar-refractivity contribution >= 4 is 17.4 Å². The summed E-state index contributed by atoms with van der Waals surface area (Å²) in [5.41, 5.74) is 0.783. The zero-order valence-electron chi connectivity index (χ0n) is 10.4. The van der Waals surface area contributed by atoms with Crippen LogP contribution < -0.4 is 15.5 Å². The number of rotatable bonds is 2. The van der Waals surface area contributed by atoms with Crippen LogP contribution in [0.5, 0.6) is 0 Å². The van der Waals surface area contributed by atoms with E-state index in [0.717, 1.165) is 25.2 Å². The highest BCUT2D eigenvalue weighted by molar-refractivity contribution is 5.91. The smallest absolute Gasteiger partial charge is 0.365 e. The predicted octanol–water partition coefficient (Wildman–Crippen LogP) is 0.773. The molecule has 2 aliphatic heterocycles. The number of nitrogens with one attached hydrogen (secondary N) is 2. The van der Waals surface area contributed by atoms with E-state index in [-0.39, 0.29) is 11.9 Å². The summed E-state index contributed by atoms with van der Waals surface area (Å²) in [6, 6.07) is 0.267. The molecule has 1 atom stereocenters. The van der Waals surface area contributed by atoms with Crippen molar-refractivity contribution in [1.82, 2.24) is 15.3 Å². The summed E-state index contributed by atoms with van der Waals surface area (Å²) in [6.45, 7) is 0.345. The van der Waals surface area contributed by atoms with Gasteiger partial charge in [-0.3, -0.25) is 4.79 Å². The van der Waals surface area contributed by atoms with Gasteiger partial charge < -0.3 is 15.5 Å². The van der Waals surface area contributed by atoms with Gasteiger partial charge in [-0.25, -0.2) is 9.97 Å². The third-order valence-corrected chi connectivity index (χ3v) is 3.29. The normalized spacial score (nSPS) is 20.4. The Kier molecular flexibility index (Phi) is 2.91. The second-order valence-electron chi connectivity index (χ2n) is 4.80. The highest BCUT2D eigenvalue weighted by Crippen LogP contribution is 2.33. The van der Waals surface area contributed by atoms with E-state index < -0.39 is 18.6 Å². The van der Waals surface area contributed by atoms with E-state index in [1.807, 2.05) is 0 Å². The molecule has 0 spiro atoms. The molecule has 0 radical (unpaired) electrons. The van der Waals surface area contributed by atoms with Crippen molar-refractivity contribution in [1.29, 1.82) is 0 Å². The number of carbonyl (C=O) groups excluding carboxylic acids is 1. The van der Waals surface area contributed by atoms with Gasteiger partial charge in [0, 0.05) is 19.1 Å². The molecule has 1 unspecified atom stereocenters. The number of hydrogen-bond donors (Lipinski definition) is 2. The number of nitrogens with zero attached hydrogens (tertiary/aromatic N) is 3. The van der Waals surface area contributed by atoms with Gasteiger partial charge in [0.05, 0.1) is 11.9 Å². The van der Waals surface area contributed by atoms with Gasteiger partial charge in [-0.1, -0.05) is 0 Å². The number of halogens is 3. The lowest BCUT2D eigenvalue weighted by Gasteiger charge is -2.27. The van der Waals surface area contributed by atoms with E-state index in [1.165, 1.54) is 6.20 Å². The molecule has 2 N–H and O–H groups in total. The average Bonchev–Trinajstić information content (AvgIpc) is 2.77. The van der Waals surface area contributed by atoms with E-state index in [9.17, 15) is 18.0 Å². The molecule has 6 nitrogen and oxygen atoms in total. The van der Waals surface area contributed by atoms with Gasteiger partial charge in [0.25, 0.3) is 5.91 Å². The fourth-order valence-corrected chi connectivity index (χ4v) is 2.37. The molecular weight excluding hydrogens is 275 g/mol. The van der Waals surface area contributed by atoms with Crippen LogP contribution in [-0.4, -0.2) is 47.7 Å². The number of carbonyl (C=O) groups is 1. The van der Waals surface area contributed by atoms with Crippen LogP contribution in [0.4, 0.5) is 24.7 Å². The van der Waals surface area contributed by atoms with Gasteiger partial charge in [0.2, 0.25) is 5.82 Å². The fourth-order valence-electron chi connectivity index (χ4n) is 2.37. The molecule has 0 saturated carbocycles. The number of amides is 1. The molecule has 3 rings (SSSR count). The van der Waals surface area contributed by atoms with Crippen LogP contribution in [0.15, 0.2) is 6.20 Å². The first-order chi connectivity index (χ1) is 9.42. The molecule has 108 valence electrons. The first-order valence-corrected chi connectivity index (χ1v) is 6.16. The van der Waals surface area contributed by atoms with Gasteiger partial charge in [-0.15, -0.1) is 0 Å². The summed E-state index contributed by atoms with van der Waals surface area (Å²) >= 11 is 0. The highest BCUT2D eigenvalue weighted by atomic mass is 19.4. The molecule has 1 aromatic rings. The Bertz CT molecular complexity index is 547.